The molecule has 8 heavy (non-hydrogen) atoms. The highest BCUT2D eigenvalue weighted by atomic mass is 14.7. The van der Waals surface area contributed by atoms with E-state index in [-0.39, 0.29) is 0 Å². The first-order chi connectivity index (χ1) is 3.93. The maximum absolute atomic E-state index is 8.28. The lowest BCUT2D eigenvalue weighted by atomic mass is 10.2. The van der Waals surface area contributed by atoms with E-state index >= 15 is 0 Å². The Morgan fingerprint density at radius 1 is 1.75 bits per heavy atom. The molecule has 2 nitrogen and oxygen atoms in total. The fraction of sp³-hybridized carbons (Fsp3) is 0.333. The monoisotopic (exact) mass is 106 g/mol. The van der Waals surface area contributed by atoms with E-state index in [2.05, 4.69) is 4.99 Å². The van der Waals surface area contributed by atoms with Gasteiger partial charge in [-0.05, 0) is 6.42 Å². The number of aliphatic imine (C=N–C) groups is 1. The van der Waals surface area contributed by atoms with Crippen molar-refractivity contribution < 1.29 is 0 Å². The van der Waals surface area contributed by atoms with E-state index in [0.29, 0.717) is 5.71 Å². The summed E-state index contributed by atoms with van der Waals surface area (Å²) >= 11 is 0. The smallest absolute Gasteiger partial charge is 0.117 e. The Labute approximate surface area is 48.2 Å². The van der Waals surface area contributed by atoms with Crippen molar-refractivity contribution in [2.24, 2.45) is 4.99 Å². The number of nitrogens with zero attached hydrogens (tertiary/aromatic N) is 2. The molecule has 1 aliphatic heterocycles. The van der Waals surface area contributed by atoms with Gasteiger partial charge in [-0.3, -0.25) is 4.99 Å². The molecule has 0 atom stereocenters. The van der Waals surface area contributed by atoms with Crippen LogP contribution in [0.5, 0.6) is 0 Å². The second-order valence-corrected chi connectivity index (χ2v) is 1.61. The van der Waals surface area contributed by atoms with Crippen molar-refractivity contribution in [2.45, 2.75) is 12.8 Å². The zero-order valence-corrected chi connectivity index (χ0v) is 4.46. The van der Waals surface area contributed by atoms with Crippen LogP contribution in [0, 0.1) is 11.3 Å². The van der Waals surface area contributed by atoms with Crippen LogP contribution in [-0.4, -0.2) is 5.71 Å². The molecular weight excluding hydrogens is 100 g/mol. The molecule has 0 fully saturated rings. The van der Waals surface area contributed by atoms with Crippen LogP contribution >= 0.6 is 0 Å². The number of hydrogen-bond donors (Lipinski definition) is 0. The van der Waals surface area contributed by atoms with Gasteiger partial charge in [-0.15, -0.1) is 0 Å². The summed E-state index contributed by atoms with van der Waals surface area (Å²) in [6.45, 7) is 0. The van der Waals surface area contributed by atoms with E-state index < -0.39 is 0 Å². The summed E-state index contributed by atoms with van der Waals surface area (Å²) in [7, 11) is 0. The van der Waals surface area contributed by atoms with Gasteiger partial charge in [-0.2, -0.15) is 5.26 Å². The molecule has 0 unspecified atom stereocenters. The summed E-state index contributed by atoms with van der Waals surface area (Å²) in [4.78, 5) is 3.82. The van der Waals surface area contributed by atoms with E-state index in [4.69, 9.17) is 5.26 Å². The highest BCUT2D eigenvalue weighted by molar-refractivity contribution is 5.99. The number of allylic oxidation sites excluding steroid dienone is 1. The zero-order chi connectivity index (χ0) is 5.82. The standard InChI is InChI=1S/C6H6N2/c7-5-6-3-1-2-4-8-6/h2,4H,1,3H2. The van der Waals surface area contributed by atoms with Gasteiger partial charge < -0.3 is 0 Å². The third kappa shape index (κ3) is 0.941. The third-order valence-electron chi connectivity index (χ3n) is 1.01. The molecule has 0 radical (unpaired) electrons. The molecule has 0 aromatic rings. The van der Waals surface area contributed by atoms with Crippen LogP contribution in [-0.2, 0) is 0 Å². The minimum absolute atomic E-state index is 0.646. The van der Waals surface area contributed by atoms with Crippen molar-refractivity contribution in [3.8, 4) is 6.07 Å². The van der Waals surface area contributed by atoms with Gasteiger partial charge in [0.05, 0.1) is 0 Å². The van der Waals surface area contributed by atoms with Gasteiger partial charge in [0, 0.05) is 12.6 Å². The summed E-state index contributed by atoms with van der Waals surface area (Å²) in [6, 6.07) is 2.00. The third-order valence-corrected chi connectivity index (χ3v) is 1.01. The Morgan fingerprint density at radius 3 is 3.00 bits per heavy atom. The van der Waals surface area contributed by atoms with Crippen LogP contribution in [0.3, 0.4) is 0 Å². The lowest BCUT2D eigenvalue weighted by molar-refractivity contribution is 1.07. The highest BCUT2D eigenvalue weighted by Gasteiger charge is 1.96. The molecular formula is C6H6N2. The maximum atomic E-state index is 8.28. The van der Waals surface area contributed by atoms with Crippen LogP contribution in [0.15, 0.2) is 17.3 Å². The lowest BCUT2D eigenvalue weighted by Crippen LogP contribution is -1.94. The predicted octanol–water partition coefficient (Wildman–Crippen LogP) is 1.26. The van der Waals surface area contributed by atoms with E-state index in [1.807, 2.05) is 12.1 Å². The van der Waals surface area contributed by atoms with Gasteiger partial charge in [-0.25, -0.2) is 0 Å². The fourth-order valence-electron chi connectivity index (χ4n) is 0.587. The Balaban J connectivity index is 2.67. The van der Waals surface area contributed by atoms with Crippen molar-refractivity contribution in [1.82, 2.24) is 0 Å². The second-order valence-electron chi connectivity index (χ2n) is 1.61. The molecule has 0 saturated carbocycles. The van der Waals surface area contributed by atoms with Gasteiger partial charge in [0.1, 0.15) is 11.8 Å². The molecule has 0 aromatic carbocycles. The number of nitriles is 1. The van der Waals surface area contributed by atoms with Crippen LogP contribution in [0.2, 0.25) is 0 Å². The van der Waals surface area contributed by atoms with Crippen molar-refractivity contribution in [3.05, 3.63) is 12.3 Å². The van der Waals surface area contributed by atoms with Gasteiger partial charge in [-0.1, -0.05) is 6.08 Å². The summed E-state index contributed by atoms with van der Waals surface area (Å²) in [5, 5.41) is 8.28. The van der Waals surface area contributed by atoms with Crippen LogP contribution in [0.25, 0.3) is 0 Å². The molecule has 1 rings (SSSR count). The Morgan fingerprint density at radius 2 is 2.62 bits per heavy atom. The molecule has 0 aromatic heterocycles. The second kappa shape index (κ2) is 2.27. The first-order valence-electron chi connectivity index (χ1n) is 2.55. The number of hydrogen-bond acceptors (Lipinski definition) is 2. The minimum atomic E-state index is 0.646. The topological polar surface area (TPSA) is 36.1 Å². The SMILES string of the molecule is N#CC1=NC=CCC1. The average Bonchev–Trinajstić information content (AvgIpc) is 1.90. The molecule has 0 aliphatic carbocycles. The molecule has 0 bridgehead atoms. The lowest BCUT2D eigenvalue weighted by Gasteiger charge is -1.95. The van der Waals surface area contributed by atoms with Crippen molar-refractivity contribution in [3.63, 3.8) is 0 Å². The maximum Gasteiger partial charge on any atom is 0.117 e. The van der Waals surface area contributed by atoms with Crippen molar-refractivity contribution in [2.75, 3.05) is 0 Å². The molecule has 1 heterocycles. The molecule has 0 amide bonds. The van der Waals surface area contributed by atoms with Gasteiger partial charge in [0.25, 0.3) is 0 Å². The summed E-state index contributed by atoms with van der Waals surface area (Å²) in [5.74, 6) is 0. The van der Waals surface area contributed by atoms with E-state index in [1.165, 1.54) is 0 Å². The van der Waals surface area contributed by atoms with Crippen molar-refractivity contribution in [1.29, 1.82) is 5.26 Å². The van der Waals surface area contributed by atoms with Gasteiger partial charge in [0.15, 0.2) is 0 Å². The molecule has 0 spiro atoms. The van der Waals surface area contributed by atoms with Crippen LogP contribution in [0.4, 0.5) is 0 Å². The fourth-order valence-corrected chi connectivity index (χ4v) is 0.587. The normalized spacial score (nSPS) is 17.1. The van der Waals surface area contributed by atoms with Crippen LogP contribution < -0.4 is 0 Å². The number of rotatable bonds is 0. The first-order valence-corrected chi connectivity index (χ1v) is 2.55. The van der Waals surface area contributed by atoms with Crippen molar-refractivity contribution >= 4 is 5.71 Å². The zero-order valence-electron chi connectivity index (χ0n) is 4.46. The molecule has 40 valence electrons. The Kier molecular flexibility index (Phi) is 1.43. The summed E-state index contributed by atoms with van der Waals surface area (Å²) in [6.07, 6.45) is 5.42. The van der Waals surface area contributed by atoms with E-state index in [1.54, 1.807) is 6.20 Å². The van der Waals surface area contributed by atoms with Gasteiger partial charge in [0.2, 0.25) is 0 Å². The summed E-state index contributed by atoms with van der Waals surface area (Å²) < 4.78 is 0. The van der Waals surface area contributed by atoms with Crippen LogP contribution in [0.1, 0.15) is 12.8 Å². The quantitative estimate of drug-likeness (QED) is 0.458. The largest absolute Gasteiger partial charge is 0.250 e. The molecule has 2 heteroatoms. The van der Waals surface area contributed by atoms with Gasteiger partial charge >= 0.3 is 0 Å². The molecule has 1 aliphatic rings. The Bertz CT molecular complexity index is 171. The Hall–Kier alpha value is -1.10. The molecule has 0 N–H and O–H groups in total. The summed E-state index contributed by atoms with van der Waals surface area (Å²) in [5.41, 5.74) is 0.646. The molecule has 0 saturated heterocycles. The van der Waals surface area contributed by atoms with E-state index in [9.17, 15) is 0 Å². The first kappa shape index (κ1) is 5.04. The average molecular weight is 106 g/mol. The highest BCUT2D eigenvalue weighted by Crippen LogP contribution is 2.00. The van der Waals surface area contributed by atoms with E-state index in [0.717, 1.165) is 12.8 Å². The predicted molar refractivity (Wildman–Crippen MR) is 31.4 cm³/mol. The minimum Gasteiger partial charge on any atom is -0.250 e.